The van der Waals surface area contributed by atoms with Gasteiger partial charge >= 0.3 is 0 Å². The number of hydrogen-bond acceptors (Lipinski definition) is 2. The second-order valence-electron chi connectivity index (χ2n) is 3.34. The van der Waals surface area contributed by atoms with Gasteiger partial charge in [0.25, 0.3) is 0 Å². The third kappa shape index (κ3) is 1.50. The van der Waals surface area contributed by atoms with Gasteiger partial charge in [-0.3, -0.25) is 0 Å². The van der Waals surface area contributed by atoms with Crippen molar-refractivity contribution < 1.29 is 4.74 Å². The van der Waals surface area contributed by atoms with Crippen LogP contribution in [0.5, 0.6) is 5.75 Å². The summed E-state index contributed by atoms with van der Waals surface area (Å²) in [5.74, 6) is 1.55. The highest BCUT2D eigenvalue weighted by Crippen LogP contribution is 2.44. The van der Waals surface area contributed by atoms with Gasteiger partial charge in [-0.1, -0.05) is 0 Å². The molecular weight excluding hydrogens is 162 g/mol. The predicted octanol–water partition coefficient (Wildman–Crippen LogP) is 2.44. The van der Waals surface area contributed by atoms with E-state index in [2.05, 4.69) is 6.07 Å². The van der Waals surface area contributed by atoms with Crippen LogP contribution in [0.2, 0.25) is 0 Å². The Balaban J connectivity index is 2.42. The molecule has 0 atom stereocenters. The van der Waals surface area contributed by atoms with Gasteiger partial charge in [-0.25, -0.2) is 0 Å². The molecule has 1 aliphatic rings. The molecule has 0 saturated heterocycles. The lowest BCUT2D eigenvalue weighted by Crippen LogP contribution is -1.90. The molecule has 0 spiro atoms. The average Bonchev–Trinajstić information content (AvgIpc) is 3.00. The number of benzene rings is 1. The van der Waals surface area contributed by atoms with E-state index in [4.69, 9.17) is 10.00 Å². The van der Waals surface area contributed by atoms with Crippen molar-refractivity contribution in [3.05, 3.63) is 29.3 Å². The van der Waals surface area contributed by atoms with Crippen LogP contribution in [0.25, 0.3) is 0 Å². The van der Waals surface area contributed by atoms with E-state index in [-0.39, 0.29) is 0 Å². The van der Waals surface area contributed by atoms with Gasteiger partial charge in [-0.15, -0.1) is 0 Å². The molecule has 0 aromatic heterocycles. The molecule has 13 heavy (non-hydrogen) atoms. The van der Waals surface area contributed by atoms with E-state index in [1.807, 2.05) is 12.1 Å². The van der Waals surface area contributed by atoms with E-state index in [9.17, 15) is 0 Å². The van der Waals surface area contributed by atoms with Crippen molar-refractivity contribution in [1.29, 1.82) is 5.26 Å². The van der Waals surface area contributed by atoms with Gasteiger partial charge in [0.15, 0.2) is 0 Å². The fourth-order valence-corrected chi connectivity index (χ4v) is 1.52. The number of nitrogens with zero attached hydrogens (tertiary/aromatic N) is 1. The number of nitriles is 1. The molecule has 1 aromatic carbocycles. The van der Waals surface area contributed by atoms with Gasteiger partial charge in [0.2, 0.25) is 0 Å². The third-order valence-electron chi connectivity index (χ3n) is 2.38. The molecule has 0 N–H and O–H groups in total. The second kappa shape index (κ2) is 3.10. The first-order chi connectivity index (χ1) is 6.35. The summed E-state index contributed by atoms with van der Waals surface area (Å²) in [5.41, 5.74) is 1.92. The molecule has 0 bridgehead atoms. The third-order valence-corrected chi connectivity index (χ3v) is 2.38. The zero-order valence-electron chi connectivity index (χ0n) is 7.58. The summed E-state index contributed by atoms with van der Waals surface area (Å²) >= 11 is 0. The summed E-state index contributed by atoms with van der Waals surface area (Å²) in [7, 11) is 1.67. The van der Waals surface area contributed by atoms with Crippen molar-refractivity contribution in [2.24, 2.45) is 0 Å². The first-order valence-electron chi connectivity index (χ1n) is 4.43. The Labute approximate surface area is 77.8 Å². The largest absolute Gasteiger partial charge is 0.496 e. The van der Waals surface area contributed by atoms with Crippen molar-refractivity contribution in [3.63, 3.8) is 0 Å². The minimum Gasteiger partial charge on any atom is -0.496 e. The Morgan fingerprint density at radius 3 is 2.77 bits per heavy atom. The Hall–Kier alpha value is -1.49. The van der Waals surface area contributed by atoms with Crippen molar-refractivity contribution in [2.75, 3.05) is 7.11 Å². The molecule has 0 amide bonds. The zero-order chi connectivity index (χ0) is 9.26. The Morgan fingerprint density at radius 2 is 2.23 bits per heavy atom. The van der Waals surface area contributed by atoms with E-state index in [1.54, 1.807) is 13.2 Å². The van der Waals surface area contributed by atoms with E-state index in [0.717, 1.165) is 11.3 Å². The van der Waals surface area contributed by atoms with Crippen LogP contribution in [0.4, 0.5) is 0 Å². The normalized spacial score (nSPS) is 15.1. The molecule has 66 valence electrons. The minimum atomic E-state index is 0.628. The molecule has 2 rings (SSSR count). The summed E-state index contributed by atoms with van der Waals surface area (Å²) < 4.78 is 5.24. The van der Waals surface area contributed by atoms with Gasteiger partial charge in [0.1, 0.15) is 5.75 Å². The molecule has 0 unspecified atom stereocenters. The first kappa shape index (κ1) is 8.12. The highest BCUT2D eigenvalue weighted by Gasteiger charge is 2.26. The standard InChI is InChI=1S/C11H11NO/c1-13-11-5-2-8(7-12)6-10(11)9-3-4-9/h2,5-6,9H,3-4H2,1H3. The highest BCUT2D eigenvalue weighted by molar-refractivity contribution is 5.45. The van der Waals surface area contributed by atoms with Crippen LogP contribution in [-0.2, 0) is 0 Å². The summed E-state index contributed by atoms with van der Waals surface area (Å²) in [5, 5.41) is 8.74. The fourth-order valence-electron chi connectivity index (χ4n) is 1.52. The number of hydrogen-bond donors (Lipinski definition) is 0. The lowest BCUT2D eigenvalue weighted by molar-refractivity contribution is 0.409. The van der Waals surface area contributed by atoms with Crippen molar-refractivity contribution in [3.8, 4) is 11.8 Å². The number of rotatable bonds is 2. The predicted molar refractivity (Wildman–Crippen MR) is 49.7 cm³/mol. The fraction of sp³-hybridized carbons (Fsp3) is 0.364. The number of methoxy groups -OCH3 is 1. The van der Waals surface area contributed by atoms with Crippen LogP contribution in [0.15, 0.2) is 18.2 Å². The average molecular weight is 173 g/mol. The molecular formula is C11H11NO. The topological polar surface area (TPSA) is 33.0 Å². The molecule has 2 nitrogen and oxygen atoms in total. The van der Waals surface area contributed by atoms with Gasteiger partial charge in [-0.05, 0) is 42.5 Å². The minimum absolute atomic E-state index is 0.628. The quantitative estimate of drug-likeness (QED) is 0.688. The van der Waals surface area contributed by atoms with Crippen LogP contribution in [-0.4, -0.2) is 7.11 Å². The van der Waals surface area contributed by atoms with Crippen LogP contribution < -0.4 is 4.74 Å². The van der Waals surface area contributed by atoms with Crippen LogP contribution >= 0.6 is 0 Å². The summed E-state index contributed by atoms with van der Waals surface area (Å²) in [6.45, 7) is 0. The van der Waals surface area contributed by atoms with Crippen molar-refractivity contribution >= 4 is 0 Å². The molecule has 1 aromatic rings. The Morgan fingerprint density at radius 1 is 1.46 bits per heavy atom. The zero-order valence-corrected chi connectivity index (χ0v) is 7.58. The van der Waals surface area contributed by atoms with Gasteiger partial charge in [0, 0.05) is 0 Å². The van der Waals surface area contributed by atoms with Crippen LogP contribution in [0.1, 0.15) is 29.9 Å². The van der Waals surface area contributed by atoms with Crippen LogP contribution in [0.3, 0.4) is 0 Å². The van der Waals surface area contributed by atoms with Crippen LogP contribution in [0, 0.1) is 11.3 Å². The van der Waals surface area contributed by atoms with Gasteiger partial charge in [0.05, 0.1) is 18.7 Å². The highest BCUT2D eigenvalue weighted by atomic mass is 16.5. The monoisotopic (exact) mass is 173 g/mol. The molecule has 1 aliphatic carbocycles. The smallest absolute Gasteiger partial charge is 0.122 e. The van der Waals surface area contributed by atoms with Crippen molar-refractivity contribution in [2.45, 2.75) is 18.8 Å². The van der Waals surface area contributed by atoms with E-state index in [0.29, 0.717) is 5.92 Å². The van der Waals surface area contributed by atoms with E-state index >= 15 is 0 Å². The van der Waals surface area contributed by atoms with E-state index < -0.39 is 0 Å². The molecule has 0 radical (unpaired) electrons. The van der Waals surface area contributed by atoms with Crippen molar-refractivity contribution in [1.82, 2.24) is 0 Å². The molecule has 1 saturated carbocycles. The summed E-state index contributed by atoms with van der Waals surface area (Å²) in [6.07, 6.45) is 2.45. The van der Waals surface area contributed by atoms with E-state index in [1.165, 1.54) is 18.4 Å². The summed E-state index contributed by atoms with van der Waals surface area (Å²) in [6, 6.07) is 7.76. The maximum atomic E-state index is 8.74. The van der Waals surface area contributed by atoms with Gasteiger partial charge in [-0.2, -0.15) is 5.26 Å². The maximum absolute atomic E-state index is 8.74. The SMILES string of the molecule is COc1ccc(C#N)cc1C1CC1. The molecule has 1 fully saturated rings. The molecule has 0 heterocycles. The maximum Gasteiger partial charge on any atom is 0.122 e. The first-order valence-corrected chi connectivity index (χ1v) is 4.43. The lowest BCUT2D eigenvalue weighted by Gasteiger charge is -2.06. The Bertz CT molecular complexity index is 361. The second-order valence-corrected chi connectivity index (χ2v) is 3.34. The summed E-state index contributed by atoms with van der Waals surface area (Å²) in [4.78, 5) is 0. The Kier molecular flexibility index (Phi) is 1.94. The lowest BCUT2D eigenvalue weighted by atomic mass is 10.1. The number of ether oxygens (including phenoxy) is 1. The molecule has 2 heteroatoms. The molecule has 0 aliphatic heterocycles. The van der Waals surface area contributed by atoms with Gasteiger partial charge < -0.3 is 4.74 Å².